The molecule has 2 N–H and O–H groups in total. The first-order valence-corrected chi connectivity index (χ1v) is 8.27. The predicted molar refractivity (Wildman–Crippen MR) is 82.4 cm³/mol. The maximum atomic E-state index is 12.1. The third-order valence-corrected chi connectivity index (χ3v) is 4.17. The summed E-state index contributed by atoms with van der Waals surface area (Å²) in [5, 5.41) is 6.23. The summed E-state index contributed by atoms with van der Waals surface area (Å²) in [6, 6.07) is 7.66. The predicted octanol–water partition coefficient (Wildman–Crippen LogP) is 1.91. The van der Waals surface area contributed by atoms with Gasteiger partial charge in [0.1, 0.15) is 0 Å². The van der Waals surface area contributed by atoms with E-state index >= 15 is 0 Å². The highest BCUT2D eigenvalue weighted by Gasteiger charge is 2.13. The molecule has 2 rings (SSSR count). The van der Waals surface area contributed by atoms with E-state index in [0.29, 0.717) is 19.3 Å². The van der Waals surface area contributed by atoms with Gasteiger partial charge in [-0.3, -0.25) is 4.79 Å². The van der Waals surface area contributed by atoms with Gasteiger partial charge in [-0.15, -0.1) is 11.8 Å². The molecule has 1 saturated heterocycles. The number of piperidine rings is 1. The molecule has 0 aromatic heterocycles. The van der Waals surface area contributed by atoms with E-state index < -0.39 is 0 Å². The van der Waals surface area contributed by atoms with Crippen LogP contribution in [-0.2, 0) is 4.74 Å². The van der Waals surface area contributed by atoms with E-state index in [-0.39, 0.29) is 5.91 Å². The highest BCUT2D eigenvalue weighted by atomic mass is 32.2. The molecule has 5 heteroatoms. The van der Waals surface area contributed by atoms with Gasteiger partial charge in [-0.1, -0.05) is 12.1 Å². The number of amides is 1. The molecule has 0 saturated carbocycles. The topological polar surface area (TPSA) is 50.4 Å². The molecule has 0 bridgehead atoms. The number of carbonyl (C=O) groups is 1. The molecule has 0 spiro atoms. The van der Waals surface area contributed by atoms with Crippen LogP contribution in [-0.4, -0.2) is 44.5 Å². The molecule has 0 radical (unpaired) electrons. The summed E-state index contributed by atoms with van der Waals surface area (Å²) >= 11 is 1.59. The minimum absolute atomic E-state index is 0.0242. The summed E-state index contributed by atoms with van der Waals surface area (Å²) in [6.07, 6.45) is 4.44. The molecule has 110 valence electrons. The van der Waals surface area contributed by atoms with Crippen LogP contribution in [0, 0.1) is 0 Å². The van der Waals surface area contributed by atoms with Crippen LogP contribution in [0.1, 0.15) is 23.2 Å². The van der Waals surface area contributed by atoms with Gasteiger partial charge in [0.25, 0.3) is 5.91 Å². The summed E-state index contributed by atoms with van der Waals surface area (Å²) in [4.78, 5) is 13.1. The smallest absolute Gasteiger partial charge is 0.252 e. The first-order chi connectivity index (χ1) is 9.81. The Labute approximate surface area is 124 Å². The first-order valence-electron chi connectivity index (χ1n) is 7.05. The Morgan fingerprint density at radius 1 is 1.40 bits per heavy atom. The summed E-state index contributed by atoms with van der Waals surface area (Å²) in [5.74, 6) is -0.0242. The Bertz CT molecular complexity index is 434. The lowest BCUT2D eigenvalue weighted by Crippen LogP contribution is -2.34. The molecule has 0 unspecified atom stereocenters. The number of hydrogen-bond acceptors (Lipinski definition) is 4. The van der Waals surface area contributed by atoms with Crippen molar-refractivity contribution in [2.24, 2.45) is 0 Å². The summed E-state index contributed by atoms with van der Waals surface area (Å²) in [6.45, 7) is 3.19. The number of ether oxygens (including phenoxy) is 1. The van der Waals surface area contributed by atoms with Gasteiger partial charge in [0, 0.05) is 11.4 Å². The van der Waals surface area contributed by atoms with Crippen molar-refractivity contribution in [3.8, 4) is 0 Å². The molecule has 1 fully saturated rings. The van der Waals surface area contributed by atoms with Crippen molar-refractivity contribution in [3.63, 3.8) is 0 Å². The van der Waals surface area contributed by atoms with E-state index in [9.17, 15) is 4.79 Å². The zero-order valence-electron chi connectivity index (χ0n) is 11.9. The van der Waals surface area contributed by atoms with E-state index in [1.54, 1.807) is 11.8 Å². The zero-order chi connectivity index (χ0) is 14.2. The lowest BCUT2D eigenvalue weighted by Gasteiger charge is -2.23. The molecule has 0 atom stereocenters. The van der Waals surface area contributed by atoms with E-state index in [0.717, 1.165) is 36.4 Å². The Kier molecular flexibility index (Phi) is 6.36. The third-order valence-electron chi connectivity index (χ3n) is 3.38. The molecule has 1 aromatic carbocycles. The molecule has 1 aliphatic heterocycles. The van der Waals surface area contributed by atoms with Crippen molar-refractivity contribution in [1.29, 1.82) is 0 Å². The van der Waals surface area contributed by atoms with Gasteiger partial charge in [-0.05, 0) is 44.3 Å². The van der Waals surface area contributed by atoms with Gasteiger partial charge in [-0.25, -0.2) is 0 Å². The average molecular weight is 294 g/mol. The molecule has 20 heavy (non-hydrogen) atoms. The molecular formula is C15H22N2O2S. The van der Waals surface area contributed by atoms with Crippen molar-refractivity contribution in [1.82, 2.24) is 10.6 Å². The first kappa shape index (κ1) is 15.4. The van der Waals surface area contributed by atoms with Crippen molar-refractivity contribution < 1.29 is 9.53 Å². The Morgan fingerprint density at radius 2 is 2.15 bits per heavy atom. The fourth-order valence-electron chi connectivity index (χ4n) is 2.28. The van der Waals surface area contributed by atoms with Gasteiger partial charge < -0.3 is 15.4 Å². The second kappa shape index (κ2) is 8.29. The van der Waals surface area contributed by atoms with Crippen molar-refractivity contribution >= 4 is 17.7 Å². The van der Waals surface area contributed by atoms with E-state index in [1.807, 2.05) is 30.5 Å². The summed E-state index contributed by atoms with van der Waals surface area (Å²) < 4.78 is 5.77. The number of carbonyl (C=O) groups excluding carboxylic acids is 1. The lowest BCUT2D eigenvalue weighted by atomic mass is 10.1. The van der Waals surface area contributed by atoms with Crippen molar-refractivity contribution in [2.45, 2.75) is 23.8 Å². The van der Waals surface area contributed by atoms with Crippen LogP contribution < -0.4 is 10.6 Å². The molecule has 4 nitrogen and oxygen atoms in total. The Hall–Kier alpha value is -1.04. The fraction of sp³-hybridized carbons (Fsp3) is 0.533. The minimum atomic E-state index is -0.0242. The molecule has 0 aliphatic carbocycles. The number of thioether (sulfide) groups is 1. The number of nitrogens with one attached hydrogen (secondary N) is 2. The van der Waals surface area contributed by atoms with E-state index in [2.05, 4.69) is 10.6 Å². The Morgan fingerprint density at radius 3 is 2.90 bits per heavy atom. The molecule has 1 aromatic rings. The highest BCUT2D eigenvalue weighted by Crippen LogP contribution is 2.19. The fourth-order valence-corrected chi connectivity index (χ4v) is 2.88. The van der Waals surface area contributed by atoms with Crippen LogP contribution in [0.4, 0.5) is 0 Å². The highest BCUT2D eigenvalue weighted by molar-refractivity contribution is 7.98. The van der Waals surface area contributed by atoms with Crippen LogP contribution >= 0.6 is 11.8 Å². The van der Waals surface area contributed by atoms with Gasteiger partial charge in [0.2, 0.25) is 0 Å². The Balaban J connectivity index is 1.72. The second-order valence-electron chi connectivity index (χ2n) is 4.78. The van der Waals surface area contributed by atoms with E-state index in [4.69, 9.17) is 4.74 Å². The lowest BCUT2D eigenvalue weighted by molar-refractivity contribution is 0.0343. The normalized spacial score (nSPS) is 16.1. The largest absolute Gasteiger partial charge is 0.376 e. The maximum Gasteiger partial charge on any atom is 0.252 e. The van der Waals surface area contributed by atoms with Gasteiger partial charge in [-0.2, -0.15) is 0 Å². The van der Waals surface area contributed by atoms with Gasteiger partial charge >= 0.3 is 0 Å². The second-order valence-corrected chi connectivity index (χ2v) is 5.62. The standard InChI is InChI=1S/C15H22N2O2S/c1-20-14-5-3-2-4-13(14)15(18)17-10-11-19-12-6-8-16-9-7-12/h2-5,12,16H,6-11H2,1H3,(H,17,18). The average Bonchev–Trinajstić information content (AvgIpc) is 2.52. The van der Waals surface area contributed by atoms with E-state index in [1.165, 1.54) is 0 Å². The maximum absolute atomic E-state index is 12.1. The molecule has 1 heterocycles. The minimum Gasteiger partial charge on any atom is -0.376 e. The van der Waals surface area contributed by atoms with Crippen LogP contribution in [0.3, 0.4) is 0 Å². The van der Waals surface area contributed by atoms with Crippen molar-refractivity contribution in [2.75, 3.05) is 32.5 Å². The SMILES string of the molecule is CSc1ccccc1C(=O)NCCOC1CCNCC1. The number of rotatable bonds is 6. The quantitative estimate of drug-likeness (QED) is 0.621. The van der Waals surface area contributed by atoms with Crippen LogP contribution in [0.25, 0.3) is 0 Å². The van der Waals surface area contributed by atoms with Gasteiger partial charge in [0.05, 0.1) is 18.3 Å². The van der Waals surface area contributed by atoms with Gasteiger partial charge in [0.15, 0.2) is 0 Å². The summed E-state index contributed by atoms with van der Waals surface area (Å²) in [5.41, 5.74) is 0.738. The van der Waals surface area contributed by atoms with Crippen LogP contribution in [0.15, 0.2) is 29.2 Å². The molecule has 1 aliphatic rings. The monoisotopic (exact) mass is 294 g/mol. The number of hydrogen-bond donors (Lipinski definition) is 2. The van der Waals surface area contributed by atoms with Crippen LogP contribution in [0.2, 0.25) is 0 Å². The summed E-state index contributed by atoms with van der Waals surface area (Å²) in [7, 11) is 0. The zero-order valence-corrected chi connectivity index (χ0v) is 12.7. The van der Waals surface area contributed by atoms with Crippen LogP contribution in [0.5, 0.6) is 0 Å². The van der Waals surface area contributed by atoms with Crippen molar-refractivity contribution in [3.05, 3.63) is 29.8 Å². The molecule has 1 amide bonds. The number of benzene rings is 1. The molecular weight excluding hydrogens is 272 g/mol. The third kappa shape index (κ3) is 4.51.